The van der Waals surface area contributed by atoms with Crippen LogP contribution in [-0.2, 0) is 4.79 Å². The second-order valence-electron chi connectivity index (χ2n) is 5.49. The largest absolute Gasteiger partial charge is 0.478 e. The third kappa shape index (κ3) is 2.99. The Bertz CT molecular complexity index is 771. The Balaban J connectivity index is 1.91. The van der Waals surface area contributed by atoms with E-state index in [-0.39, 0.29) is 17.4 Å². The summed E-state index contributed by atoms with van der Waals surface area (Å²) in [5.41, 5.74) is 1.21. The zero-order valence-corrected chi connectivity index (χ0v) is 12.8. The van der Waals surface area contributed by atoms with Crippen molar-refractivity contribution in [2.45, 2.75) is 6.04 Å². The summed E-state index contributed by atoms with van der Waals surface area (Å²) in [7, 11) is 0. The fraction of sp³-hybridized carbons (Fsp3) is 0.167. The van der Waals surface area contributed by atoms with Crippen molar-refractivity contribution in [1.29, 1.82) is 0 Å². The van der Waals surface area contributed by atoms with Crippen molar-refractivity contribution in [3.63, 3.8) is 0 Å². The number of nitrogens with one attached hydrogen (secondary N) is 1. The predicted molar refractivity (Wildman–Crippen MR) is 86.6 cm³/mol. The Morgan fingerprint density at radius 2 is 1.62 bits per heavy atom. The van der Waals surface area contributed by atoms with Gasteiger partial charge < -0.3 is 15.3 Å². The number of amides is 2. The van der Waals surface area contributed by atoms with Gasteiger partial charge >= 0.3 is 5.97 Å². The quantitative estimate of drug-likeness (QED) is 0.899. The molecule has 0 spiro atoms. The molecule has 1 aliphatic rings. The number of carboxylic acid groups (broad SMARTS) is 1. The average molecular weight is 324 g/mol. The van der Waals surface area contributed by atoms with E-state index in [1.165, 1.54) is 29.2 Å². The van der Waals surface area contributed by atoms with Crippen LogP contribution in [0.25, 0.3) is 0 Å². The van der Waals surface area contributed by atoms with Gasteiger partial charge in [-0.15, -0.1) is 0 Å². The highest BCUT2D eigenvalue weighted by atomic mass is 16.4. The monoisotopic (exact) mass is 324 g/mol. The summed E-state index contributed by atoms with van der Waals surface area (Å²) < 4.78 is 0. The molecule has 122 valence electrons. The van der Waals surface area contributed by atoms with Crippen LogP contribution in [0.2, 0.25) is 0 Å². The van der Waals surface area contributed by atoms with E-state index in [1.54, 1.807) is 0 Å². The highest BCUT2D eigenvalue weighted by Crippen LogP contribution is 2.25. The maximum Gasteiger partial charge on any atom is 0.335 e. The van der Waals surface area contributed by atoms with Crippen LogP contribution in [-0.4, -0.2) is 40.9 Å². The molecule has 2 aromatic carbocycles. The van der Waals surface area contributed by atoms with Gasteiger partial charge in [-0.1, -0.05) is 30.3 Å². The maximum absolute atomic E-state index is 12.8. The lowest BCUT2D eigenvalue weighted by molar-refractivity contribution is -0.128. The minimum atomic E-state index is -1.05. The molecule has 0 bridgehead atoms. The van der Waals surface area contributed by atoms with Gasteiger partial charge in [0.1, 0.15) is 6.04 Å². The normalized spacial score (nSPS) is 17.2. The summed E-state index contributed by atoms with van der Waals surface area (Å²) in [6, 6.07) is 14.1. The lowest BCUT2D eigenvalue weighted by Crippen LogP contribution is -2.52. The van der Waals surface area contributed by atoms with Gasteiger partial charge in [-0.3, -0.25) is 9.59 Å². The lowest BCUT2D eigenvalue weighted by atomic mass is 10.0. The third-order valence-corrected chi connectivity index (χ3v) is 3.97. The summed E-state index contributed by atoms with van der Waals surface area (Å²) in [4.78, 5) is 37.5. The van der Waals surface area contributed by atoms with E-state index >= 15 is 0 Å². The van der Waals surface area contributed by atoms with Gasteiger partial charge in [0.05, 0.1) is 5.56 Å². The smallest absolute Gasteiger partial charge is 0.335 e. The predicted octanol–water partition coefficient (Wildman–Crippen LogP) is 1.70. The van der Waals surface area contributed by atoms with Crippen LogP contribution >= 0.6 is 0 Å². The fourth-order valence-electron chi connectivity index (χ4n) is 2.77. The third-order valence-electron chi connectivity index (χ3n) is 3.97. The summed E-state index contributed by atoms with van der Waals surface area (Å²) in [5.74, 6) is -1.56. The first-order chi connectivity index (χ1) is 11.6. The molecule has 1 heterocycles. The van der Waals surface area contributed by atoms with E-state index in [9.17, 15) is 14.4 Å². The van der Waals surface area contributed by atoms with Crippen LogP contribution in [0, 0.1) is 0 Å². The van der Waals surface area contributed by atoms with Gasteiger partial charge in [-0.2, -0.15) is 0 Å². The molecule has 0 aliphatic carbocycles. The van der Waals surface area contributed by atoms with Gasteiger partial charge in [-0.25, -0.2) is 4.79 Å². The molecule has 1 saturated heterocycles. The molecule has 1 fully saturated rings. The van der Waals surface area contributed by atoms with Crippen LogP contribution < -0.4 is 5.32 Å². The molecule has 1 atom stereocenters. The van der Waals surface area contributed by atoms with Crippen molar-refractivity contribution in [3.05, 3.63) is 71.3 Å². The molecule has 24 heavy (non-hydrogen) atoms. The number of carboxylic acids is 1. The molecular formula is C18H16N2O4. The summed E-state index contributed by atoms with van der Waals surface area (Å²) >= 11 is 0. The topological polar surface area (TPSA) is 86.7 Å². The number of benzene rings is 2. The minimum absolute atomic E-state index is 0.113. The van der Waals surface area contributed by atoms with Crippen LogP contribution in [0.3, 0.4) is 0 Å². The van der Waals surface area contributed by atoms with E-state index in [0.717, 1.165) is 5.56 Å². The van der Waals surface area contributed by atoms with E-state index in [2.05, 4.69) is 5.32 Å². The number of hydrogen-bond acceptors (Lipinski definition) is 3. The first kappa shape index (κ1) is 15.7. The Morgan fingerprint density at radius 3 is 2.25 bits per heavy atom. The molecule has 2 N–H and O–H groups in total. The van der Waals surface area contributed by atoms with Crippen LogP contribution in [0.15, 0.2) is 54.6 Å². The number of rotatable bonds is 3. The number of piperazine rings is 1. The summed E-state index contributed by atoms with van der Waals surface area (Å²) in [5, 5.41) is 11.7. The van der Waals surface area contributed by atoms with Gasteiger partial charge in [0.2, 0.25) is 5.91 Å². The first-order valence-corrected chi connectivity index (χ1v) is 7.55. The molecule has 0 aromatic heterocycles. The molecule has 6 nitrogen and oxygen atoms in total. The molecule has 0 saturated carbocycles. The molecule has 2 amide bonds. The van der Waals surface area contributed by atoms with Crippen LogP contribution in [0.5, 0.6) is 0 Å². The summed E-state index contributed by atoms with van der Waals surface area (Å²) in [6.07, 6.45) is 0. The van der Waals surface area contributed by atoms with Crippen molar-refractivity contribution >= 4 is 17.8 Å². The number of nitrogens with zero attached hydrogens (tertiary/aromatic N) is 1. The SMILES string of the molecule is O=C(O)c1ccc(C(=O)N2CCNC(=O)C2c2ccccc2)cc1. The molecule has 1 aliphatic heterocycles. The number of hydrogen-bond donors (Lipinski definition) is 2. The van der Waals surface area contributed by atoms with Gasteiger partial charge in [0, 0.05) is 18.7 Å². The number of aromatic carboxylic acids is 1. The number of carbonyl (C=O) groups excluding carboxylic acids is 2. The van der Waals surface area contributed by atoms with Crippen LogP contribution in [0.4, 0.5) is 0 Å². The second-order valence-corrected chi connectivity index (χ2v) is 5.49. The van der Waals surface area contributed by atoms with E-state index in [4.69, 9.17) is 5.11 Å². The second kappa shape index (κ2) is 6.54. The van der Waals surface area contributed by atoms with Crippen molar-refractivity contribution < 1.29 is 19.5 Å². The molecule has 1 unspecified atom stereocenters. The zero-order valence-electron chi connectivity index (χ0n) is 12.8. The Kier molecular flexibility index (Phi) is 4.29. The first-order valence-electron chi connectivity index (χ1n) is 7.55. The van der Waals surface area contributed by atoms with Crippen molar-refractivity contribution in [2.24, 2.45) is 0 Å². The van der Waals surface area contributed by atoms with E-state index in [1.807, 2.05) is 30.3 Å². The maximum atomic E-state index is 12.8. The molecule has 6 heteroatoms. The summed E-state index contributed by atoms with van der Waals surface area (Å²) in [6.45, 7) is 0.784. The minimum Gasteiger partial charge on any atom is -0.478 e. The van der Waals surface area contributed by atoms with E-state index < -0.39 is 12.0 Å². The van der Waals surface area contributed by atoms with Gasteiger partial charge in [0.15, 0.2) is 0 Å². The standard InChI is InChI=1S/C18H16N2O4/c21-16-15(12-4-2-1-3-5-12)20(11-10-19-16)17(22)13-6-8-14(9-7-13)18(23)24/h1-9,15H,10-11H2,(H,19,21)(H,23,24). The Labute approximate surface area is 138 Å². The van der Waals surface area contributed by atoms with Crippen LogP contribution in [0.1, 0.15) is 32.3 Å². The van der Waals surface area contributed by atoms with Crippen molar-refractivity contribution in [1.82, 2.24) is 10.2 Å². The molecular weight excluding hydrogens is 308 g/mol. The number of carbonyl (C=O) groups is 3. The van der Waals surface area contributed by atoms with Gasteiger partial charge in [0.25, 0.3) is 5.91 Å². The molecule has 3 rings (SSSR count). The highest BCUT2D eigenvalue weighted by molar-refractivity contribution is 5.99. The Morgan fingerprint density at radius 1 is 1.00 bits per heavy atom. The Hall–Kier alpha value is -3.15. The van der Waals surface area contributed by atoms with Gasteiger partial charge in [-0.05, 0) is 29.8 Å². The van der Waals surface area contributed by atoms with E-state index in [0.29, 0.717) is 18.7 Å². The zero-order chi connectivity index (χ0) is 17.1. The molecule has 2 aromatic rings. The fourth-order valence-corrected chi connectivity index (χ4v) is 2.77. The lowest BCUT2D eigenvalue weighted by Gasteiger charge is -2.35. The van der Waals surface area contributed by atoms with Crippen molar-refractivity contribution in [2.75, 3.05) is 13.1 Å². The average Bonchev–Trinajstić information content (AvgIpc) is 2.61. The van der Waals surface area contributed by atoms with Crippen molar-refractivity contribution in [3.8, 4) is 0 Å². The molecule has 0 radical (unpaired) electrons. The highest BCUT2D eigenvalue weighted by Gasteiger charge is 2.34.